The molecule has 0 saturated heterocycles. The highest BCUT2D eigenvalue weighted by Gasteiger charge is 2.86. The van der Waals surface area contributed by atoms with Gasteiger partial charge in [0.05, 0.1) is 18.9 Å². The first-order valence-electron chi connectivity index (χ1n) is 14.4. The van der Waals surface area contributed by atoms with Gasteiger partial charge in [-0.25, -0.2) is 4.79 Å². The molecule has 0 aromatic carbocycles. The lowest BCUT2D eigenvalue weighted by molar-refractivity contribution is -0.426. The molecule has 10 rings (SSSR count). The third-order valence-electron chi connectivity index (χ3n) is 12.7. The highest BCUT2D eigenvalue weighted by Crippen LogP contribution is 2.88. The van der Waals surface area contributed by atoms with E-state index in [4.69, 9.17) is 14.2 Å². The highest BCUT2D eigenvalue weighted by atomic mass is 16.6. The largest absolute Gasteiger partial charge is 0.462 e. The topological polar surface area (TPSA) is 99.1 Å². The summed E-state index contributed by atoms with van der Waals surface area (Å²) in [4.78, 5) is 36.7. The Hall–Kier alpha value is -1.89. The number of esters is 3. The Balaban J connectivity index is 1.04. The average Bonchev–Trinajstić information content (AvgIpc) is 2.83. The average molecular weight is 513 g/mol. The van der Waals surface area contributed by atoms with Gasteiger partial charge in [-0.15, -0.1) is 0 Å². The number of aliphatic hydroxyl groups excluding tert-OH is 1. The molecule has 7 nitrogen and oxygen atoms in total. The van der Waals surface area contributed by atoms with Crippen LogP contribution in [0.3, 0.4) is 0 Å². The van der Waals surface area contributed by atoms with Crippen LogP contribution in [0.1, 0.15) is 65.7 Å². The first kappa shape index (κ1) is 24.2. The van der Waals surface area contributed by atoms with E-state index in [9.17, 15) is 19.5 Å². The predicted octanol–water partition coefficient (Wildman–Crippen LogP) is 3.68. The molecule has 0 aromatic heterocycles. The van der Waals surface area contributed by atoms with Gasteiger partial charge in [0.2, 0.25) is 0 Å². The molecule has 10 saturated carbocycles. The molecule has 13 unspecified atom stereocenters. The molecule has 0 aliphatic heterocycles. The van der Waals surface area contributed by atoms with E-state index in [1.807, 2.05) is 0 Å². The molecule has 7 heteroatoms. The van der Waals surface area contributed by atoms with E-state index in [2.05, 4.69) is 20.4 Å². The van der Waals surface area contributed by atoms with Gasteiger partial charge in [0.1, 0.15) is 18.8 Å². The van der Waals surface area contributed by atoms with Crippen molar-refractivity contribution in [3.63, 3.8) is 0 Å². The summed E-state index contributed by atoms with van der Waals surface area (Å²) >= 11 is 0. The van der Waals surface area contributed by atoms with Crippen molar-refractivity contribution in [3.8, 4) is 0 Å². The smallest absolute Gasteiger partial charge is 0.333 e. The number of carbonyl (C=O) groups is 3. The van der Waals surface area contributed by atoms with Gasteiger partial charge in [-0.05, 0) is 98.2 Å². The number of carbonyl (C=O) groups excluding carboxylic acids is 3. The molecule has 10 aliphatic carbocycles. The number of rotatable bonds is 8. The summed E-state index contributed by atoms with van der Waals surface area (Å²) in [6.07, 6.45) is 5.68. The van der Waals surface area contributed by atoms with Gasteiger partial charge in [-0.2, -0.15) is 0 Å². The molecular weight excluding hydrogens is 472 g/mol. The fourth-order valence-electron chi connectivity index (χ4n) is 12.4. The molecule has 1 spiro atoms. The van der Waals surface area contributed by atoms with E-state index in [-0.39, 0.29) is 43.5 Å². The lowest BCUT2D eigenvalue weighted by Crippen LogP contribution is -2.86. The Kier molecular flexibility index (Phi) is 4.97. The zero-order valence-corrected chi connectivity index (χ0v) is 22.2. The fourth-order valence-corrected chi connectivity index (χ4v) is 12.4. The molecule has 0 aromatic rings. The molecule has 10 fully saturated rings. The maximum atomic E-state index is 13.1. The summed E-state index contributed by atoms with van der Waals surface area (Å²) in [5, 5.41) is 11.7. The minimum atomic E-state index is -0.678. The summed E-state index contributed by atoms with van der Waals surface area (Å²) < 4.78 is 16.4. The SMILES string of the molecule is C=C(C)C(=O)OCCOC(=O)CCC(=O)OC1(C)C2CC34CC5CC6C7CC(C(C2O)C63)C1C4C7(C)C5. The van der Waals surface area contributed by atoms with Crippen molar-refractivity contribution in [3.05, 3.63) is 12.2 Å². The molecule has 202 valence electrons. The molecule has 0 amide bonds. The quantitative estimate of drug-likeness (QED) is 0.229. The van der Waals surface area contributed by atoms with Crippen molar-refractivity contribution in [2.24, 2.45) is 64.1 Å². The van der Waals surface area contributed by atoms with E-state index in [0.29, 0.717) is 40.4 Å². The molecule has 13 atom stereocenters. The monoisotopic (exact) mass is 512 g/mol. The van der Waals surface area contributed by atoms with Crippen molar-refractivity contribution in [2.75, 3.05) is 13.2 Å². The summed E-state index contributed by atoms with van der Waals surface area (Å²) in [5.41, 5.74) is 0.291. The van der Waals surface area contributed by atoms with Gasteiger partial charge < -0.3 is 19.3 Å². The molecule has 11 bridgehead atoms. The number of hydrogen-bond acceptors (Lipinski definition) is 7. The van der Waals surface area contributed by atoms with Gasteiger partial charge in [0.15, 0.2) is 0 Å². The second-order valence-corrected chi connectivity index (χ2v) is 14.1. The van der Waals surface area contributed by atoms with Crippen LogP contribution < -0.4 is 0 Å². The Labute approximate surface area is 218 Å². The minimum Gasteiger partial charge on any atom is -0.462 e. The van der Waals surface area contributed by atoms with Crippen LogP contribution in [0.15, 0.2) is 12.2 Å². The zero-order valence-electron chi connectivity index (χ0n) is 22.2. The van der Waals surface area contributed by atoms with Crippen molar-refractivity contribution in [2.45, 2.75) is 77.4 Å². The summed E-state index contributed by atoms with van der Waals surface area (Å²) in [7, 11) is 0. The van der Waals surface area contributed by atoms with Crippen LogP contribution in [-0.4, -0.2) is 47.9 Å². The van der Waals surface area contributed by atoms with Crippen LogP contribution in [0.4, 0.5) is 0 Å². The number of aliphatic hydroxyl groups is 1. The fraction of sp³-hybridized carbons (Fsp3) is 0.833. The van der Waals surface area contributed by atoms with Gasteiger partial charge in [-0.3, -0.25) is 9.59 Å². The van der Waals surface area contributed by atoms with Crippen molar-refractivity contribution in [1.29, 1.82) is 0 Å². The summed E-state index contributed by atoms with van der Waals surface area (Å²) in [6.45, 7) is 9.60. The van der Waals surface area contributed by atoms with Crippen LogP contribution in [0, 0.1) is 64.1 Å². The zero-order chi connectivity index (χ0) is 26.1. The Morgan fingerprint density at radius 3 is 2.41 bits per heavy atom. The van der Waals surface area contributed by atoms with Crippen molar-refractivity contribution >= 4 is 17.9 Å². The van der Waals surface area contributed by atoms with Crippen LogP contribution in [0.5, 0.6) is 0 Å². The first-order valence-corrected chi connectivity index (χ1v) is 14.4. The van der Waals surface area contributed by atoms with Gasteiger partial charge in [-0.1, -0.05) is 13.5 Å². The van der Waals surface area contributed by atoms with E-state index in [0.717, 1.165) is 24.2 Å². The van der Waals surface area contributed by atoms with Crippen molar-refractivity contribution in [1.82, 2.24) is 0 Å². The van der Waals surface area contributed by atoms with Crippen molar-refractivity contribution < 1.29 is 33.7 Å². The van der Waals surface area contributed by atoms with E-state index >= 15 is 0 Å². The predicted molar refractivity (Wildman–Crippen MR) is 132 cm³/mol. The lowest BCUT2D eigenvalue weighted by Gasteiger charge is -2.88. The maximum Gasteiger partial charge on any atom is 0.333 e. The maximum absolute atomic E-state index is 13.1. The standard InChI is InChI=1S/C30H40O7/c1-14(2)27(34)36-8-7-35-20(31)5-6-21(32)37-29(4)19-13-30-12-15-9-16-18-10-17(22(23(16)30)25(19)33)24(29)26(30)28(18,3)11-15/h15-19,22-26,33H,1,5-13H2,2-4H3. The number of hydrogen-bond donors (Lipinski definition) is 1. The van der Waals surface area contributed by atoms with Crippen LogP contribution in [0.25, 0.3) is 0 Å². The van der Waals surface area contributed by atoms with Crippen LogP contribution in [-0.2, 0) is 28.6 Å². The molecule has 37 heavy (non-hydrogen) atoms. The van der Waals surface area contributed by atoms with Gasteiger partial charge in [0, 0.05) is 17.4 Å². The van der Waals surface area contributed by atoms with Gasteiger partial charge in [0.25, 0.3) is 0 Å². The normalized spacial score (nSPS) is 52.4. The van der Waals surface area contributed by atoms with Gasteiger partial charge >= 0.3 is 17.9 Å². The lowest BCUT2D eigenvalue weighted by atomic mass is 9.17. The Bertz CT molecular complexity index is 1080. The van der Waals surface area contributed by atoms with Crippen LogP contribution >= 0.6 is 0 Å². The molecule has 0 radical (unpaired) electrons. The molecule has 1 N–H and O–H groups in total. The molecule has 10 aliphatic rings. The Morgan fingerprint density at radius 1 is 0.919 bits per heavy atom. The van der Waals surface area contributed by atoms with E-state index < -0.39 is 23.6 Å². The first-order chi connectivity index (χ1) is 17.5. The van der Waals surface area contributed by atoms with E-state index in [1.165, 1.54) is 25.7 Å². The third kappa shape index (κ3) is 2.90. The highest BCUT2D eigenvalue weighted by molar-refractivity contribution is 5.86. The number of ether oxygens (including phenoxy) is 3. The minimum absolute atomic E-state index is 0.0124. The molecular formula is C30H40O7. The molecule has 0 heterocycles. The second-order valence-electron chi connectivity index (χ2n) is 14.1. The Morgan fingerprint density at radius 2 is 1.65 bits per heavy atom. The van der Waals surface area contributed by atoms with E-state index in [1.54, 1.807) is 6.92 Å². The second kappa shape index (κ2) is 7.61. The summed E-state index contributed by atoms with van der Waals surface area (Å²) in [6, 6.07) is 0. The summed E-state index contributed by atoms with van der Waals surface area (Å²) in [5.74, 6) is 3.39. The van der Waals surface area contributed by atoms with Crippen LogP contribution in [0.2, 0.25) is 0 Å². The third-order valence-corrected chi connectivity index (χ3v) is 12.7.